The van der Waals surface area contributed by atoms with E-state index in [9.17, 15) is 4.79 Å². The van der Waals surface area contributed by atoms with Crippen molar-refractivity contribution in [2.45, 2.75) is 13.3 Å². The van der Waals surface area contributed by atoms with Crippen molar-refractivity contribution in [1.29, 1.82) is 0 Å². The zero-order valence-corrected chi connectivity index (χ0v) is 16.1. The summed E-state index contributed by atoms with van der Waals surface area (Å²) in [7, 11) is 1.62. The summed E-state index contributed by atoms with van der Waals surface area (Å²) in [5, 5.41) is 4.52. The third-order valence-corrected chi connectivity index (χ3v) is 5.75. The van der Waals surface area contributed by atoms with Gasteiger partial charge >= 0.3 is 0 Å². The number of fused-ring (bicyclic) bond motifs is 1. The molecule has 1 aromatic carbocycles. The lowest BCUT2D eigenvalue weighted by atomic mass is 10.3. The molecule has 1 amide bonds. The van der Waals surface area contributed by atoms with Crippen molar-refractivity contribution in [3.05, 3.63) is 17.2 Å². The van der Waals surface area contributed by atoms with Crippen molar-refractivity contribution in [3.8, 4) is 5.75 Å². The second kappa shape index (κ2) is 8.21. The van der Waals surface area contributed by atoms with E-state index in [0.717, 1.165) is 48.1 Å². The predicted octanol–water partition coefficient (Wildman–Crippen LogP) is 2.61. The molecule has 136 valence electrons. The smallest absolute Gasteiger partial charge is 0.219 e. The average Bonchev–Trinajstić information content (AvgIpc) is 3.06. The Hall–Kier alpha value is -1.57. The molecule has 1 aromatic heterocycles. The molecule has 0 radical (unpaired) electrons. The fraction of sp³-hybridized carbons (Fsp3) is 0.529. The first kappa shape index (κ1) is 18.2. The number of anilines is 1. The number of thiazole rings is 1. The van der Waals surface area contributed by atoms with E-state index < -0.39 is 0 Å². The molecule has 0 bridgehead atoms. The maximum absolute atomic E-state index is 11.3. The number of rotatable bonds is 6. The van der Waals surface area contributed by atoms with E-state index >= 15 is 0 Å². The molecule has 6 nitrogen and oxygen atoms in total. The van der Waals surface area contributed by atoms with Gasteiger partial charge in [0.05, 0.1) is 16.8 Å². The molecule has 1 fully saturated rings. The van der Waals surface area contributed by atoms with Gasteiger partial charge in [0.1, 0.15) is 5.52 Å². The molecule has 1 aliphatic heterocycles. The van der Waals surface area contributed by atoms with Crippen LogP contribution < -0.4 is 15.0 Å². The van der Waals surface area contributed by atoms with Crippen LogP contribution in [0.3, 0.4) is 0 Å². The Labute approximate surface area is 156 Å². The van der Waals surface area contributed by atoms with Crippen LogP contribution in [-0.2, 0) is 4.79 Å². The number of methoxy groups -OCH3 is 1. The van der Waals surface area contributed by atoms with Gasteiger partial charge in [0.15, 0.2) is 10.9 Å². The second-order valence-electron chi connectivity index (χ2n) is 5.96. The topological polar surface area (TPSA) is 57.7 Å². The highest BCUT2D eigenvalue weighted by atomic mass is 35.5. The summed E-state index contributed by atoms with van der Waals surface area (Å²) < 4.78 is 6.48. The van der Waals surface area contributed by atoms with Crippen LogP contribution in [0.5, 0.6) is 5.75 Å². The minimum Gasteiger partial charge on any atom is -0.493 e. The zero-order chi connectivity index (χ0) is 17.8. The van der Waals surface area contributed by atoms with Crippen LogP contribution in [0.4, 0.5) is 5.13 Å². The summed E-state index contributed by atoms with van der Waals surface area (Å²) >= 11 is 7.86. The number of aromatic nitrogens is 1. The molecule has 1 N–H and O–H groups in total. The van der Waals surface area contributed by atoms with Gasteiger partial charge in [0, 0.05) is 45.7 Å². The summed E-state index contributed by atoms with van der Waals surface area (Å²) in [5.41, 5.74) is 0.833. The van der Waals surface area contributed by atoms with Crippen LogP contribution in [0, 0.1) is 0 Å². The zero-order valence-electron chi connectivity index (χ0n) is 14.5. The van der Waals surface area contributed by atoms with Gasteiger partial charge < -0.3 is 15.0 Å². The molecule has 8 heteroatoms. The monoisotopic (exact) mass is 382 g/mol. The first-order valence-electron chi connectivity index (χ1n) is 8.49. The van der Waals surface area contributed by atoms with Gasteiger partial charge in [-0.05, 0) is 12.1 Å². The van der Waals surface area contributed by atoms with Crippen molar-refractivity contribution in [2.75, 3.05) is 51.3 Å². The number of benzene rings is 1. The molecule has 0 spiro atoms. The Morgan fingerprint density at radius 2 is 2.12 bits per heavy atom. The van der Waals surface area contributed by atoms with Crippen molar-refractivity contribution >= 4 is 44.2 Å². The lowest BCUT2D eigenvalue weighted by molar-refractivity contribution is -0.120. The third-order valence-electron chi connectivity index (χ3n) is 4.37. The molecular weight excluding hydrogens is 360 g/mol. The fourth-order valence-electron chi connectivity index (χ4n) is 2.90. The SMILES string of the molecule is CCC(=O)NCCN1CCN(c2nc3c(OC)c(Cl)ccc3s2)CC1. The molecule has 0 aliphatic carbocycles. The number of hydrogen-bond acceptors (Lipinski definition) is 6. The van der Waals surface area contributed by atoms with Crippen LogP contribution in [0.15, 0.2) is 12.1 Å². The first-order valence-corrected chi connectivity index (χ1v) is 9.69. The van der Waals surface area contributed by atoms with E-state index in [1.807, 2.05) is 19.1 Å². The quantitative estimate of drug-likeness (QED) is 0.832. The number of carbonyl (C=O) groups is 1. The number of halogens is 1. The van der Waals surface area contributed by atoms with Gasteiger partial charge in [0.25, 0.3) is 0 Å². The van der Waals surface area contributed by atoms with Crippen LogP contribution >= 0.6 is 22.9 Å². The summed E-state index contributed by atoms with van der Waals surface area (Å²) in [5.74, 6) is 0.757. The molecule has 0 atom stereocenters. The van der Waals surface area contributed by atoms with Gasteiger partial charge in [-0.15, -0.1) is 0 Å². The predicted molar refractivity (Wildman–Crippen MR) is 103 cm³/mol. The average molecular weight is 383 g/mol. The number of carbonyl (C=O) groups excluding carboxylic acids is 1. The fourth-order valence-corrected chi connectivity index (χ4v) is 4.15. The van der Waals surface area contributed by atoms with E-state index in [0.29, 0.717) is 23.7 Å². The van der Waals surface area contributed by atoms with Crippen molar-refractivity contribution in [2.24, 2.45) is 0 Å². The Bertz CT molecular complexity index is 744. The summed E-state index contributed by atoms with van der Waals surface area (Å²) in [4.78, 5) is 20.7. The van der Waals surface area contributed by atoms with E-state index in [-0.39, 0.29) is 5.91 Å². The van der Waals surface area contributed by atoms with Gasteiger partial charge in [-0.2, -0.15) is 0 Å². The van der Waals surface area contributed by atoms with Crippen molar-refractivity contribution in [3.63, 3.8) is 0 Å². The number of ether oxygens (including phenoxy) is 1. The molecule has 25 heavy (non-hydrogen) atoms. The highest BCUT2D eigenvalue weighted by molar-refractivity contribution is 7.22. The third kappa shape index (κ3) is 4.16. The number of nitrogens with one attached hydrogen (secondary N) is 1. The Kier molecular flexibility index (Phi) is 5.98. The molecule has 0 unspecified atom stereocenters. The van der Waals surface area contributed by atoms with Crippen molar-refractivity contribution < 1.29 is 9.53 Å². The highest BCUT2D eigenvalue weighted by Crippen LogP contribution is 2.38. The number of nitrogens with zero attached hydrogens (tertiary/aromatic N) is 3. The lowest BCUT2D eigenvalue weighted by Crippen LogP contribution is -2.48. The van der Waals surface area contributed by atoms with E-state index in [1.165, 1.54) is 0 Å². The first-order chi connectivity index (χ1) is 12.1. The molecule has 0 saturated carbocycles. The number of amides is 1. The van der Waals surface area contributed by atoms with Gasteiger partial charge in [0.2, 0.25) is 5.91 Å². The molecule has 3 rings (SSSR count). The lowest BCUT2D eigenvalue weighted by Gasteiger charge is -2.34. The summed E-state index contributed by atoms with van der Waals surface area (Å²) in [6, 6.07) is 3.85. The molecule has 2 aromatic rings. The minimum absolute atomic E-state index is 0.112. The summed E-state index contributed by atoms with van der Waals surface area (Å²) in [6.07, 6.45) is 0.541. The Morgan fingerprint density at radius 1 is 1.36 bits per heavy atom. The van der Waals surface area contributed by atoms with Gasteiger partial charge in [-0.25, -0.2) is 4.98 Å². The molecule has 1 aliphatic rings. The van der Waals surface area contributed by atoms with Crippen LogP contribution in [0.25, 0.3) is 10.2 Å². The highest BCUT2D eigenvalue weighted by Gasteiger charge is 2.21. The summed E-state index contributed by atoms with van der Waals surface area (Å²) in [6.45, 7) is 7.27. The standard InChI is InChI=1S/C17H23ClN4O2S/c1-3-14(23)19-6-7-21-8-10-22(11-9-21)17-20-15-13(25-17)5-4-12(18)16(15)24-2/h4-5H,3,6-11H2,1-2H3,(H,19,23). The molecule has 2 heterocycles. The maximum Gasteiger partial charge on any atom is 0.219 e. The van der Waals surface area contributed by atoms with E-state index in [1.54, 1.807) is 18.4 Å². The van der Waals surface area contributed by atoms with Crippen LogP contribution in [0.2, 0.25) is 5.02 Å². The second-order valence-corrected chi connectivity index (χ2v) is 7.37. The normalized spacial score (nSPS) is 15.6. The van der Waals surface area contributed by atoms with Crippen molar-refractivity contribution in [1.82, 2.24) is 15.2 Å². The largest absolute Gasteiger partial charge is 0.493 e. The molecular formula is C17H23ClN4O2S. The number of piperazine rings is 1. The molecule has 1 saturated heterocycles. The van der Waals surface area contributed by atoms with Gasteiger partial charge in [-0.3, -0.25) is 9.69 Å². The van der Waals surface area contributed by atoms with E-state index in [2.05, 4.69) is 15.1 Å². The number of hydrogen-bond donors (Lipinski definition) is 1. The van der Waals surface area contributed by atoms with Gasteiger partial charge in [-0.1, -0.05) is 29.9 Å². The maximum atomic E-state index is 11.3. The van der Waals surface area contributed by atoms with E-state index in [4.69, 9.17) is 21.3 Å². The van der Waals surface area contributed by atoms with Crippen LogP contribution in [-0.4, -0.2) is 62.2 Å². The Balaban J connectivity index is 1.59. The Morgan fingerprint density at radius 3 is 2.80 bits per heavy atom. The van der Waals surface area contributed by atoms with Crippen LogP contribution in [0.1, 0.15) is 13.3 Å². The minimum atomic E-state index is 0.112.